The van der Waals surface area contributed by atoms with Gasteiger partial charge in [0.1, 0.15) is 5.56 Å². The number of benzene rings is 1. The van der Waals surface area contributed by atoms with Gasteiger partial charge in [-0.1, -0.05) is 63.4 Å². The van der Waals surface area contributed by atoms with Crippen LogP contribution in [0.4, 0.5) is 0 Å². The number of hydrogen-bond acceptors (Lipinski definition) is 3. The quantitative estimate of drug-likeness (QED) is 0.652. The van der Waals surface area contributed by atoms with Crippen LogP contribution in [0.25, 0.3) is 0 Å². The molecule has 1 aromatic heterocycles. The van der Waals surface area contributed by atoms with Crippen molar-refractivity contribution in [2.24, 2.45) is 5.73 Å². The van der Waals surface area contributed by atoms with E-state index < -0.39 is 17.4 Å². The number of rotatable bonds is 9. The number of primary amides is 1. The maximum Gasteiger partial charge on any atom is 0.264 e. The van der Waals surface area contributed by atoms with Crippen molar-refractivity contribution in [1.82, 2.24) is 9.88 Å². The molecule has 0 fully saturated rings. The second kappa shape index (κ2) is 9.88. The van der Waals surface area contributed by atoms with Gasteiger partial charge in [0.05, 0.1) is 12.1 Å². The van der Waals surface area contributed by atoms with E-state index in [1.807, 2.05) is 37.3 Å². The van der Waals surface area contributed by atoms with Gasteiger partial charge in [-0.3, -0.25) is 14.4 Å². The highest BCUT2D eigenvalue weighted by Gasteiger charge is 2.26. The molecule has 0 bridgehead atoms. The van der Waals surface area contributed by atoms with Gasteiger partial charge in [0.25, 0.3) is 17.4 Å². The zero-order valence-electron chi connectivity index (χ0n) is 16.8. The minimum atomic E-state index is -0.635. The molecule has 0 radical (unpaired) electrons. The Hall–Kier alpha value is -2.89. The van der Waals surface area contributed by atoms with Gasteiger partial charge < -0.3 is 15.6 Å². The summed E-state index contributed by atoms with van der Waals surface area (Å²) < 4.78 is 1.39. The molecule has 0 aliphatic heterocycles. The first-order valence-corrected chi connectivity index (χ1v) is 9.73. The molecule has 3 N–H and O–H groups in total. The lowest BCUT2D eigenvalue weighted by molar-refractivity contribution is 0.0959. The number of carbonyl (C=O) groups excluding carboxylic acids is 2. The van der Waals surface area contributed by atoms with E-state index in [2.05, 4.69) is 12.2 Å². The Morgan fingerprint density at radius 2 is 1.86 bits per heavy atom. The van der Waals surface area contributed by atoms with Crippen LogP contribution in [0.1, 0.15) is 77.3 Å². The van der Waals surface area contributed by atoms with Gasteiger partial charge in [-0.05, 0) is 23.5 Å². The van der Waals surface area contributed by atoms with E-state index in [-0.39, 0.29) is 23.6 Å². The van der Waals surface area contributed by atoms with Gasteiger partial charge in [-0.25, -0.2) is 0 Å². The number of amides is 2. The Balaban J connectivity index is 2.62. The molecule has 1 atom stereocenters. The summed E-state index contributed by atoms with van der Waals surface area (Å²) in [6, 6.07) is 9.41. The number of nitrogens with two attached hydrogens (primary N) is 1. The van der Waals surface area contributed by atoms with Gasteiger partial charge in [-0.2, -0.15) is 0 Å². The minimum Gasteiger partial charge on any atom is -0.366 e. The number of unbranched alkanes of at least 4 members (excludes halogenated alkanes) is 2. The molecule has 6 heteroatoms. The molecule has 6 nitrogen and oxygen atoms in total. The highest BCUT2D eigenvalue weighted by atomic mass is 16.2. The normalized spacial score (nSPS) is 11.8. The largest absolute Gasteiger partial charge is 0.366 e. The Morgan fingerprint density at radius 3 is 2.43 bits per heavy atom. The van der Waals surface area contributed by atoms with E-state index in [1.54, 1.807) is 0 Å². The first-order valence-electron chi connectivity index (χ1n) is 9.73. The highest BCUT2D eigenvalue weighted by molar-refractivity contribution is 6.01. The number of nitrogens with one attached hydrogen (secondary N) is 1. The Morgan fingerprint density at radius 1 is 1.18 bits per heavy atom. The average Bonchev–Trinajstić information content (AvgIpc) is 2.69. The molecular weight excluding hydrogens is 354 g/mol. The number of nitrogens with zero attached hydrogens (tertiary/aromatic N) is 1. The topological polar surface area (TPSA) is 94.2 Å². The minimum absolute atomic E-state index is 0.0127. The molecule has 0 aliphatic rings. The molecule has 0 saturated heterocycles. The zero-order valence-corrected chi connectivity index (χ0v) is 16.8. The molecule has 2 aromatic rings. The van der Waals surface area contributed by atoms with E-state index in [4.69, 9.17) is 5.73 Å². The molecule has 28 heavy (non-hydrogen) atoms. The summed E-state index contributed by atoms with van der Waals surface area (Å²) in [5, 5.41) is 2.54. The molecular formula is C22H29N3O3. The molecule has 2 rings (SSSR count). The molecule has 150 valence electrons. The standard InChI is InChI=1S/C22H29N3O3/c1-4-5-7-10-15(2)18-17(20(23)26)14-25(13-16-11-8-6-9-12-16)22(28)19(18)21(27)24-3/h6,8-9,11-12,14-15H,4-5,7,10,13H2,1-3H3,(H2,23,26)(H,24,27). The predicted molar refractivity (Wildman–Crippen MR) is 111 cm³/mol. The van der Waals surface area contributed by atoms with Gasteiger partial charge in [0.15, 0.2) is 0 Å². The summed E-state index contributed by atoms with van der Waals surface area (Å²) >= 11 is 0. The van der Waals surface area contributed by atoms with Crippen LogP contribution < -0.4 is 16.6 Å². The van der Waals surface area contributed by atoms with Gasteiger partial charge in [0, 0.05) is 13.2 Å². The maximum atomic E-state index is 13.2. The molecule has 0 spiro atoms. The Labute approximate surface area is 165 Å². The maximum absolute atomic E-state index is 13.2. The summed E-state index contributed by atoms with van der Waals surface area (Å²) in [5.74, 6) is -1.25. The fraction of sp³-hybridized carbons (Fsp3) is 0.409. The first-order chi connectivity index (χ1) is 13.4. The number of carbonyl (C=O) groups is 2. The van der Waals surface area contributed by atoms with Gasteiger partial charge >= 0.3 is 0 Å². The van der Waals surface area contributed by atoms with Crippen LogP contribution in [-0.2, 0) is 6.54 Å². The van der Waals surface area contributed by atoms with E-state index in [1.165, 1.54) is 17.8 Å². The summed E-state index contributed by atoms with van der Waals surface area (Å²) in [4.78, 5) is 38.0. The Bertz CT molecular complexity index is 888. The van der Waals surface area contributed by atoms with Crippen LogP contribution in [0.5, 0.6) is 0 Å². The fourth-order valence-electron chi connectivity index (χ4n) is 3.47. The monoisotopic (exact) mass is 383 g/mol. The lowest BCUT2D eigenvalue weighted by Crippen LogP contribution is -2.36. The lowest BCUT2D eigenvalue weighted by atomic mass is 9.88. The van der Waals surface area contributed by atoms with Crippen molar-refractivity contribution in [2.75, 3.05) is 7.05 Å². The van der Waals surface area contributed by atoms with E-state index in [0.717, 1.165) is 31.2 Å². The van der Waals surface area contributed by atoms with Crippen molar-refractivity contribution < 1.29 is 9.59 Å². The third kappa shape index (κ3) is 4.88. The smallest absolute Gasteiger partial charge is 0.264 e. The molecule has 0 saturated carbocycles. The SMILES string of the molecule is CCCCCC(C)c1c(C(N)=O)cn(Cc2ccccc2)c(=O)c1C(=O)NC. The lowest BCUT2D eigenvalue weighted by Gasteiger charge is -2.20. The van der Waals surface area contributed by atoms with E-state index in [9.17, 15) is 14.4 Å². The van der Waals surface area contributed by atoms with Crippen molar-refractivity contribution in [3.05, 3.63) is 69.1 Å². The second-order valence-corrected chi connectivity index (χ2v) is 7.09. The van der Waals surface area contributed by atoms with Crippen molar-refractivity contribution in [1.29, 1.82) is 0 Å². The third-order valence-electron chi connectivity index (χ3n) is 4.97. The highest BCUT2D eigenvalue weighted by Crippen LogP contribution is 2.27. The number of hydrogen-bond donors (Lipinski definition) is 2. The van der Waals surface area contributed by atoms with Crippen LogP contribution >= 0.6 is 0 Å². The third-order valence-corrected chi connectivity index (χ3v) is 4.97. The number of aromatic nitrogens is 1. The van der Waals surface area contributed by atoms with Crippen LogP contribution in [0.2, 0.25) is 0 Å². The summed E-state index contributed by atoms with van der Waals surface area (Å²) in [6.45, 7) is 4.31. The average molecular weight is 383 g/mol. The summed E-state index contributed by atoms with van der Waals surface area (Å²) in [6.07, 6.45) is 5.35. The van der Waals surface area contributed by atoms with E-state index in [0.29, 0.717) is 5.56 Å². The van der Waals surface area contributed by atoms with Gasteiger partial charge in [0.2, 0.25) is 0 Å². The van der Waals surface area contributed by atoms with Crippen molar-refractivity contribution in [2.45, 2.75) is 52.0 Å². The van der Waals surface area contributed by atoms with Crippen LogP contribution in [0.3, 0.4) is 0 Å². The number of pyridine rings is 1. The Kier molecular flexibility index (Phi) is 7.55. The summed E-state index contributed by atoms with van der Waals surface area (Å²) in [5.41, 5.74) is 6.83. The van der Waals surface area contributed by atoms with Crippen LogP contribution in [-0.4, -0.2) is 23.4 Å². The second-order valence-electron chi connectivity index (χ2n) is 7.09. The van der Waals surface area contributed by atoms with E-state index >= 15 is 0 Å². The molecule has 0 aliphatic carbocycles. The fourth-order valence-corrected chi connectivity index (χ4v) is 3.47. The van der Waals surface area contributed by atoms with Crippen LogP contribution in [0.15, 0.2) is 41.3 Å². The van der Waals surface area contributed by atoms with Gasteiger partial charge in [-0.15, -0.1) is 0 Å². The molecule has 1 unspecified atom stereocenters. The predicted octanol–water partition coefficient (Wildman–Crippen LogP) is 3.04. The van der Waals surface area contributed by atoms with Crippen molar-refractivity contribution in [3.63, 3.8) is 0 Å². The molecule has 2 amide bonds. The van der Waals surface area contributed by atoms with Crippen LogP contribution in [0, 0.1) is 0 Å². The first kappa shape index (κ1) is 21.4. The van der Waals surface area contributed by atoms with Crippen molar-refractivity contribution >= 4 is 11.8 Å². The molecule has 1 aromatic carbocycles. The zero-order chi connectivity index (χ0) is 20.7. The molecule has 1 heterocycles. The van der Waals surface area contributed by atoms with Crippen molar-refractivity contribution in [3.8, 4) is 0 Å². The summed E-state index contributed by atoms with van der Waals surface area (Å²) in [7, 11) is 1.48.